The molecule has 4 saturated carbocycles. The highest BCUT2D eigenvalue weighted by Crippen LogP contribution is 2.68. The van der Waals surface area contributed by atoms with Crippen molar-refractivity contribution in [3.05, 3.63) is 35.9 Å². The number of rotatable bonds is 4. The summed E-state index contributed by atoms with van der Waals surface area (Å²) in [5, 5.41) is 0. The third-order valence-corrected chi connectivity index (χ3v) is 10.9. The van der Waals surface area contributed by atoms with Crippen LogP contribution in [0.5, 0.6) is 0 Å². The van der Waals surface area contributed by atoms with Gasteiger partial charge in [-0.25, -0.2) is 0 Å². The molecule has 0 bridgehead atoms. The van der Waals surface area contributed by atoms with Crippen molar-refractivity contribution in [2.45, 2.75) is 72.1 Å². The summed E-state index contributed by atoms with van der Waals surface area (Å²) in [5.74, 6) is 2.55. The number of Topliss-reactive ketones (excluding diaryl/α,β-unsaturated/α-hetero) is 2. The number of carbonyl (C=O) groups excluding carboxylic acids is 3. The summed E-state index contributed by atoms with van der Waals surface area (Å²) in [7, 11) is 0. The lowest BCUT2D eigenvalue weighted by atomic mass is 9.43. The first kappa shape index (κ1) is 22.0. The highest BCUT2D eigenvalue weighted by atomic mass is 16.2. The summed E-state index contributed by atoms with van der Waals surface area (Å²) in [6, 6.07) is 9.46. The number of ketones is 2. The minimum atomic E-state index is -0.461. The zero-order valence-corrected chi connectivity index (χ0v) is 19.9. The van der Waals surface area contributed by atoms with Crippen LogP contribution in [0.4, 0.5) is 0 Å². The molecule has 0 N–H and O–H groups in total. The van der Waals surface area contributed by atoms with Crippen LogP contribution in [-0.4, -0.2) is 17.9 Å². The zero-order chi connectivity index (χ0) is 22.7. The quantitative estimate of drug-likeness (QED) is 0.324. The molecule has 3 nitrogen and oxygen atoms in total. The average Bonchev–Trinajstić information content (AvgIpc) is 3.16. The van der Waals surface area contributed by atoms with Crippen molar-refractivity contribution in [1.29, 1.82) is 0 Å². The van der Waals surface area contributed by atoms with E-state index in [1.165, 1.54) is 32.0 Å². The lowest BCUT2D eigenvalue weighted by Gasteiger charge is -2.61. The third-order valence-electron chi connectivity index (χ3n) is 10.9. The van der Waals surface area contributed by atoms with Gasteiger partial charge in [0.25, 0.3) is 0 Å². The minimum Gasteiger partial charge on any atom is -0.303 e. The highest BCUT2D eigenvalue weighted by Gasteiger charge is 2.62. The molecule has 0 aliphatic heterocycles. The van der Waals surface area contributed by atoms with Gasteiger partial charge in [0.15, 0.2) is 5.78 Å². The molecule has 0 unspecified atom stereocenters. The predicted molar refractivity (Wildman–Crippen MR) is 125 cm³/mol. The zero-order valence-electron chi connectivity index (χ0n) is 19.9. The van der Waals surface area contributed by atoms with Gasteiger partial charge in [-0.15, -0.1) is 0 Å². The molecule has 4 fully saturated rings. The molecule has 32 heavy (non-hydrogen) atoms. The van der Waals surface area contributed by atoms with E-state index in [2.05, 4.69) is 20.8 Å². The Labute approximate surface area is 192 Å². The number of fused-ring (bicyclic) bond motifs is 5. The second-order valence-corrected chi connectivity index (χ2v) is 12.0. The van der Waals surface area contributed by atoms with Crippen molar-refractivity contribution in [1.82, 2.24) is 0 Å². The fourth-order valence-electron chi connectivity index (χ4n) is 9.29. The van der Waals surface area contributed by atoms with Gasteiger partial charge in [0, 0.05) is 17.9 Å². The van der Waals surface area contributed by atoms with Crippen LogP contribution in [0.15, 0.2) is 30.3 Å². The van der Waals surface area contributed by atoms with Crippen LogP contribution in [0.1, 0.15) is 82.5 Å². The van der Waals surface area contributed by atoms with Crippen molar-refractivity contribution in [3.8, 4) is 0 Å². The Bertz CT molecular complexity index is 906. The SMILES string of the molecule is C[C@@H](C=O)[C@H]1CC[C@@H]2[C@H]3CC[C@@H]4[C@@H](C(=O)c5ccccc5)C(=O)CC[C@]4(C)[C@@H]3CC[C@]21C. The average molecular weight is 435 g/mol. The maximum absolute atomic E-state index is 13.5. The molecule has 4 aliphatic rings. The molecule has 0 saturated heterocycles. The van der Waals surface area contributed by atoms with E-state index < -0.39 is 5.92 Å². The first-order valence-electron chi connectivity index (χ1n) is 12.9. The molecule has 3 heteroatoms. The maximum atomic E-state index is 13.5. The van der Waals surface area contributed by atoms with Gasteiger partial charge in [-0.05, 0) is 85.4 Å². The summed E-state index contributed by atoms with van der Waals surface area (Å²) in [6.45, 7) is 6.99. The van der Waals surface area contributed by atoms with Gasteiger partial charge >= 0.3 is 0 Å². The van der Waals surface area contributed by atoms with Gasteiger partial charge < -0.3 is 4.79 Å². The molecular formula is C29H38O3. The molecule has 1 aromatic carbocycles. The summed E-state index contributed by atoms with van der Waals surface area (Å²) >= 11 is 0. The van der Waals surface area contributed by atoms with Gasteiger partial charge in [0.05, 0.1) is 5.92 Å². The molecule has 9 atom stereocenters. The second kappa shape index (κ2) is 7.92. The van der Waals surface area contributed by atoms with Gasteiger partial charge in [0.1, 0.15) is 12.1 Å². The predicted octanol–water partition coefficient (Wildman–Crippen LogP) is 6.16. The lowest BCUT2D eigenvalue weighted by molar-refractivity contribution is -0.148. The Morgan fingerprint density at radius 1 is 0.938 bits per heavy atom. The Kier molecular flexibility index (Phi) is 5.46. The van der Waals surface area contributed by atoms with E-state index in [-0.39, 0.29) is 34.2 Å². The van der Waals surface area contributed by atoms with E-state index in [1.54, 1.807) is 0 Å². The fraction of sp³-hybridized carbons (Fsp3) is 0.690. The molecule has 0 amide bonds. The molecule has 172 valence electrons. The Hall–Kier alpha value is -1.77. The van der Waals surface area contributed by atoms with Gasteiger partial charge in [-0.1, -0.05) is 51.1 Å². The fourth-order valence-corrected chi connectivity index (χ4v) is 9.29. The van der Waals surface area contributed by atoms with E-state index in [4.69, 9.17) is 0 Å². The monoisotopic (exact) mass is 434 g/mol. The smallest absolute Gasteiger partial charge is 0.173 e. The van der Waals surface area contributed by atoms with E-state index in [9.17, 15) is 14.4 Å². The van der Waals surface area contributed by atoms with Crippen LogP contribution in [0.25, 0.3) is 0 Å². The molecule has 1 aromatic rings. The second-order valence-electron chi connectivity index (χ2n) is 12.0. The summed E-state index contributed by atoms with van der Waals surface area (Å²) < 4.78 is 0. The topological polar surface area (TPSA) is 51.2 Å². The van der Waals surface area contributed by atoms with Crippen molar-refractivity contribution in [2.75, 3.05) is 0 Å². The molecule has 4 aliphatic carbocycles. The van der Waals surface area contributed by atoms with Crippen LogP contribution in [-0.2, 0) is 9.59 Å². The van der Waals surface area contributed by atoms with Crippen LogP contribution >= 0.6 is 0 Å². The van der Waals surface area contributed by atoms with Crippen LogP contribution in [0.2, 0.25) is 0 Å². The molecular weight excluding hydrogens is 396 g/mol. The first-order chi connectivity index (χ1) is 15.3. The van der Waals surface area contributed by atoms with Crippen LogP contribution < -0.4 is 0 Å². The third kappa shape index (κ3) is 3.10. The Morgan fingerprint density at radius 3 is 2.34 bits per heavy atom. The molecule has 0 aromatic heterocycles. The summed E-state index contributed by atoms with van der Waals surface area (Å²) in [5.41, 5.74) is 1.03. The molecule has 5 rings (SSSR count). The number of carbonyl (C=O) groups is 3. The van der Waals surface area contributed by atoms with Gasteiger partial charge in [-0.3, -0.25) is 9.59 Å². The summed E-state index contributed by atoms with van der Waals surface area (Å²) in [6.07, 6.45) is 9.59. The molecule has 0 radical (unpaired) electrons. The molecule has 0 spiro atoms. The minimum absolute atomic E-state index is 0.0476. The van der Waals surface area contributed by atoms with E-state index in [0.717, 1.165) is 19.3 Å². The Morgan fingerprint density at radius 2 is 1.62 bits per heavy atom. The van der Waals surface area contributed by atoms with Crippen molar-refractivity contribution < 1.29 is 14.4 Å². The van der Waals surface area contributed by atoms with Gasteiger partial charge in [-0.2, -0.15) is 0 Å². The number of hydrogen-bond donors (Lipinski definition) is 0. The van der Waals surface area contributed by atoms with E-state index >= 15 is 0 Å². The maximum Gasteiger partial charge on any atom is 0.173 e. The van der Waals surface area contributed by atoms with E-state index in [0.29, 0.717) is 35.7 Å². The van der Waals surface area contributed by atoms with Crippen LogP contribution in [0.3, 0.4) is 0 Å². The largest absolute Gasteiger partial charge is 0.303 e. The van der Waals surface area contributed by atoms with Crippen molar-refractivity contribution >= 4 is 17.9 Å². The highest BCUT2D eigenvalue weighted by molar-refractivity contribution is 6.11. The van der Waals surface area contributed by atoms with E-state index in [1.807, 2.05) is 30.3 Å². The number of hydrogen-bond acceptors (Lipinski definition) is 3. The molecule has 0 heterocycles. The van der Waals surface area contributed by atoms with Gasteiger partial charge in [0.2, 0.25) is 0 Å². The lowest BCUT2D eigenvalue weighted by Crippen LogP contribution is -2.57. The number of benzene rings is 1. The van der Waals surface area contributed by atoms with Crippen molar-refractivity contribution in [3.63, 3.8) is 0 Å². The van der Waals surface area contributed by atoms with Crippen LogP contribution in [0, 0.1) is 52.3 Å². The van der Waals surface area contributed by atoms with Crippen molar-refractivity contribution in [2.24, 2.45) is 52.3 Å². The normalized spacial score (nSPS) is 44.2. The Balaban J connectivity index is 1.44. The first-order valence-corrected chi connectivity index (χ1v) is 12.9. The standard InChI is InChI=1S/C29H38O3/c1-18(17-30)21-11-12-22-20-9-10-24-26(27(32)19-7-5-4-6-8-19)25(31)14-16-29(24,3)23(20)13-15-28(21,22)2/h4-8,17-18,20-24,26H,9-16H2,1-3H3/t18-,20+,21+,22+,23+,24+,26+,28-,29+/m0/s1. The summed E-state index contributed by atoms with van der Waals surface area (Å²) in [4.78, 5) is 38.2. The number of aldehydes is 1.